The standard InChI is InChI=1S/C13H16N2O5/c1-8-10(4-5-20-8)7-14-11-6-9(13(16)17)2-3-12(11)15(18)19/h2-3,6,8,10,14H,4-5,7H2,1H3,(H,16,17). The Hall–Kier alpha value is -2.15. The van der Waals surface area contributed by atoms with Crippen LogP contribution in [0.2, 0.25) is 0 Å². The summed E-state index contributed by atoms with van der Waals surface area (Å²) in [5.41, 5.74) is 0.129. The highest BCUT2D eigenvalue weighted by Gasteiger charge is 2.25. The average Bonchev–Trinajstić information content (AvgIpc) is 2.81. The Labute approximate surface area is 115 Å². The minimum absolute atomic E-state index is 0.0221. The van der Waals surface area contributed by atoms with Crippen LogP contribution in [-0.4, -0.2) is 35.3 Å². The van der Waals surface area contributed by atoms with Crippen molar-refractivity contribution >= 4 is 17.3 Å². The summed E-state index contributed by atoms with van der Waals surface area (Å²) < 4.78 is 5.43. The minimum Gasteiger partial charge on any atom is -0.478 e. The van der Waals surface area contributed by atoms with Crippen molar-refractivity contribution in [2.24, 2.45) is 5.92 Å². The number of nitrogens with zero attached hydrogens (tertiary/aromatic N) is 1. The Morgan fingerprint density at radius 3 is 2.90 bits per heavy atom. The Bertz CT molecular complexity index is 531. The predicted molar refractivity (Wildman–Crippen MR) is 72.1 cm³/mol. The molecule has 0 amide bonds. The van der Waals surface area contributed by atoms with Crippen molar-refractivity contribution in [2.45, 2.75) is 19.4 Å². The molecule has 0 aromatic heterocycles. The van der Waals surface area contributed by atoms with Crippen LogP contribution in [0.1, 0.15) is 23.7 Å². The zero-order chi connectivity index (χ0) is 14.7. The Kier molecular flexibility index (Phi) is 4.19. The summed E-state index contributed by atoms with van der Waals surface area (Å²) in [6.07, 6.45) is 0.991. The maximum absolute atomic E-state index is 11.0. The van der Waals surface area contributed by atoms with E-state index in [0.717, 1.165) is 6.42 Å². The molecule has 108 valence electrons. The first-order chi connectivity index (χ1) is 9.49. The van der Waals surface area contributed by atoms with Crippen LogP contribution in [0.4, 0.5) is 11.4 Å². The zero-order valence-electron chi connectivity index (χ0n) is 11.0. The highest BCUT2D eigenvalue weighted by Crippen LogP contribution is 2.27. The monoisotopic (exact) mass is 280 g/mol. The van der Waals surface area contributed by atoms with Crippen LogP contribution >= 0.6 is 0 Å². The lowest BCUT2D eigenvalue weighted by molar-refractivity contribution is -0.384. The van der Waals surface area contributed by atoms with Gasteiger partial charge < -0.3 is 15.2 Å². The quantitative estimate of drug-likeness (QED) is 0.632. The van der Waals surface area contributed by atoms with Gasteiger partial charge in [0.2, 0.25) is 0 Å². The highest BCUT2D eigenvalue weighted by molar-refractivity contribution is 5.90. The molecule has 2 N–H and O–H groups in total. The lowest BCUT2D eigenvalue weighted by atomic mass is 10.0. The summed E-state index contributed by atoms with van der Waals surface area (Å²) in [4.78, 5) is 21.4. The van der Waals surface area contributed by atoms with E-state index in [9.17, 15) is 14.9 Å². The molecule has 0 radical (unpaired) electrons. The van der Waals surface area contributed by atoms with Gasteiger partial charge in [-0.05, 0) is 25.5 Å². The number of carboxylic acid groups (broad SMARTS) is 1. The van der Waals surface area contributed by atoms with Crippen LogP contribution in [0.3, 0.4) is 0 Å². The van der Waals surface area contributed by atoms with Crippen molar-refractivity contribution in [3.05, 3.63) is 33.9 Å². The van der Waals surface area contributed by atoms with Gasteiger partial charge in [-0.25, -0.2) is 4.79 Å². The number of nitro benzene ring substituents is 1. The second kappa shape index (κ2) is 5.87. The first kappa shape index (κ1) is 14.3. The maximum Gasteiger partial charge on any atom is 0.335 e. The molecule has 1 saturated heterocycles. The van der Waals surface area contributed by atoms with E-state index < -0.39 is 10.9 Å². The third kappa shape index (κ3) is 3.05. The molecule has 7 nitrogen and oxygen atoms in total. The SMILES string of the molecule is CC1OCCC1CNc1cc(C(=O)O)ccc1[N+](=O)[O-]. The molecule has 0 aliphatic carbocycles. The smallest absolute Gasteiger partial charge is 0.335 e. The number of benzene rings is 1. The molecule has 1 aliphatic rings. The second-order valence-corrected chi connectivity index (χ2v) is 4.80. The third-order valence-electron chi connectivity index (χ3n) is 3.53. The summed E-state index contributed by atoms with van der Waals surface area (Å²) in [5, 5.41) is 22.9. The molecule has 2 rings (SSSR count). The molecule has 1 aromatic carbocycles. The number of nitro groups is 1. The zero-order valence-corrected chi connectivity index (χ0v) is 11.0. The Balaban J connectivity index is 2.17. The lowest BCUT2D eigenvalue weighted by Crippen LogP contribution is -2.21. The van der Waals surface area contributed by atoms with Crippen molar-refractivity contribution in [1.29, 1.82) is 0 Å². The molecule has 1 fully saturated rings. The van der Waals surface area contributed by atoms with Gasteiger partial charge in [-0.15, -0.1) is 0 Å². The summed E-state index contributed by atoms with van der Waals surface area (Å²) >= 11 is 0. The van der Waals surface area contributed by atoms with E-state index in [1.807, 2.05) is 6.92 Å². The van der Waals surface area contributed by atoms with Crippen molar-refractivity contribution in [2.75, 3.05) is 18.5 Å². The number of nitrogens with one attached hydrogen (secondary N) is 1. The molecular formula is C13H16N2O5. The molecular weight excluding hydrogens is 264 g/mol. The predicted octanol–water partition coefficient (Wildman–Crippen LogP) is 2.13. The largest absolute Gasteiger partial charge is 0.478 e. The normalized spacial score (nSPS) is 21.6. The molecule has 1 heterocycles. The number of carbonyl (C=O) groups is 1. The number of hydrogen-bond acceptors (Lipinski definition) is 5. The van der Waals surface area contributed by atoms with Crippen LogP contribution in [0.15, 0.2) is 18.2 Å². The van der Waals surface area contributed by atoms with Crippen LogP contribution in [0.25, 0.3) is 0 Å². The number of ether oxygens (including phenoxy) is 1. The minimum atomic E-state index is -1.11. The fraction of sp³-hybridized carbons (Fsp3) is 0.462. The number of hydrogen-bond donors (Lipinski definition) is 2. The van der Waals surface area contributed by atoms with E-state index >= 15 is 0 Å². The van der Waals surface area contributed by atoms with Gasteiger partial charge in [0.1, 0.15) is 5.69 Å². The molecule has 1 aliphatic heterocycles. The number of anilines is 1. The molecule has 2 atom stereocenters. The van der Waals surface area contributed by atoms with E-state index in [1.165, 1.54) is 18.2 Å². The van der Waals surface area contributed by atoms with Crippen molar-refractivity contribution < 1.29 is 19.6 Å². The van der Waals surface area contributed by atoms with Gasteiger partial charge in [0.15, 0.2) is 0 Å². The van der Waals surface area contributed by atoms with Crippen LogP contribution < -0.4 is 5.32 Å². The molecule has 0 saturated carbocycles. The Morgan fingerprint density at radius 2 is 2.35 bits per heavy atom. The van der Waals surface area contributed by atoms with Crippen LogP contribution in [-0.2, 0) is 4.74 Å². The van der Waals surface area contributed by atoms with Crippen molar-refractivity contribution in [3.63, 3.8) is 0 Å². The fourth-order valence-electron chi connectivity index (χ4n) is 2.26. The van der Waals surface area contributed by atoms with Gasteiger partial charge in [0, 0.05) is 25.1 Å². The van der Waals surface area contributed by atoms with Gasteiger partial charge in [-0.2, -0.15) is 0 Å². The third-order valence-corrected chi connectivity index (χ3v) is 3.53. The average molecular weight is 280 g/mol. The topological polar surface area (TPSA) is 102 Å². The molecule has 0 bridgehead atoms. The summed E-state index contributed by atoms with van der Waals surface area (Å²) in [7, 11) is 0. The van der Waals surface area contributed by atoms with Gasteiger partial charge in [0.05, 0.1) is 16.6 Å². The van der Waals surface area contributed by atoms with Gasteiger partial charge in [-0.1, -0.05) is 0 Å². The lowest BCUT2D eigenvalue weighted by Gasteiger charge is -2.15. The molecule has 0 spiro atoms. The number of rotatable bonds is 5. The number of carboxylic acids is 1. The van der Waals surface area contributed by atoms with Gasteiger partial charge >= 0.3 is 5.97 Å². The summed E-state index contributed by atoms with van der Waals surface area (Å²) in [6.45, 7) is 3.16. The van der Waals surface area contributed by atoms with Crippen molar-refractivity contribution in [1.82, 2.24) is 0 Å². The summed E-state index contributed by atoms with van der Waals surface area (Å²) in [5.74, 6) is -0.844. The first-order valence-electron chi connectivity index (χ1n) is 6.36. The highest BCUT2D eigenvalue weighted by atomic mass is 16.6. The number of aromatic carboxylic acids is 1. The van der Waals surface area contributed by atoms with E-state index in [1.54, 1.807) is 0 Å². The molecule has 2 unspecified atom stereocenters. The van der Waals surface area contributed by atoms with E-state index in [2.05, 4.69) is 5.32 Å². The van der Waals surface area contributed by atoms with Crippen molar-refractivity contribution in [3.8, 4) is 0 Å². The van der Waals surface area contributed by atoms with Crippen LogP contribution in [0.5, 0.6) is 0 Å². The molecule has 20 heavy (non-hydrogen) atoms. The van der Waals surface area contributed by atoms with E-state index in [4.69, 9.17) is 9.84 Å². The summed E-state index contributed by atoms with van der Waals surface area (Å²) in [6, 6.07) is 3.73. The Morgan fingerprint density at radius 1 is 1.60 bits per heavy atom. The molecule has 7 heteroatoms. The second-order valence-electron chi connectivity index (χ2n) is 4.80. The van der Waals surface area contributed by atoms with Gasteiger partial charge in [-0.3, -0.25) is 10.1 Å². The molecule has 1 aromatic rings. The fourth-order valence-corrected chi connectivity index (χ4v) is 2.26. The van der Waals surface area contributed by atoms with E-state index in [0.29, 0.717) is 13.2 Å². The first-order valence-corrected chi connectivity index (χ1v) is 6.36. The van der Waals surface area contributed by atoms with E-state index in [-0.39, 0.29) is 29.0 Å². The maximum atomic E-state index is 11.0. The van der Waals surface area contributed by atoms with Crippen LogP contribution in [0, 0.1) is 16.0 Å². The van der Waals surface area contributed by atoms with Gasteiger partial charge in [0.25, 0.3) is 5.69 Å².